The molecule has 8 heteroatoms. The monoisotopic (exact) mass is 214 g/mol. The second-order valence-electron chi connectivity index (χ2n) is 3.03. The maximum absolute atomic E-state index is 10.5. The lowest BCUT2D eigenvalue weighted by Gasteiger charge is -2.10. The quantitative estimate of drug-likeness (QED) is 0.487. The lowest BCUT2D eigenvalue weighted by Crippen LogP contribution is -2.19. The molecule has 0 spiro atoms. The van der Waals surface area contributed by atoms with Crippen molar-refractivity contribution in [1.82, 2.24) is 10.2 Å². The number of aromatic nitrogens is 2. The van der Waals surface area contributed by atoms with E-state index in [-0.39, 0.29) is 17.9 Å². The topological polar surface area (TPSA) is 121 Å². The molecule has 0 aliphatic rings. The third-order valence-electron chi connectivity index (χ3n) is 1.68. The van der Waals surface area contributed by atoms with Crippen LogP contribution in [-0.4, -0.2) is 32.2 Å². The minimum atomic E-state index is -0.971. The zero-order valence-electron chi connectivity index (χ0n) is 7.93. The van der Waals surface area contributed by atoms with Crippen LogP contribution in [0.5, 0.6) is 0 Å². The predicted octanol–water partition coefficient (Wildman–Crippen LogP) is 0.593. The van der Waals surface area contributed by atoms with E-state index >= 15 is 0 Å². The number of nitrogens with zero attached hydrogens (tertiary/aromatic N) is 2. The number of rotatable bonds is 5. The van der Waals surface area contributed by atoms with Crippen molar-refractivity contribution in [3.05, 3.63) is 16.3 Å². The first-order chi connectivity index (χ1) is 7.00. The molecule has 1 unspecified atom stereocenters. The number of nitrogens with one attached hydrogen (secondary N) is 2. The summed E-state index contributed by atoms with van der Waals surface area (Å²) in [6.07, 6.45) is 1.12. The number of anilines is 1. The van der Waals surface area contributed by atoms with Crippen LogP contribution in [0.1, 0.15) is 13.3 Å². The van der Waals surface area contributed by atoms with Gasteiger partial charge in [0.05, 0.1) is 6.42 Å². The first-order valence-electron chi connectivity index (χ1n) is 4.16. The molecule has 0 aliphatic carbocycles. The van der Waals surface area contributed by atoms with E-state index in [2.05, 4.69) is 15.5 Å². The van der Waals surface area contributed by atoms with Crippen molar-refractivity contribution in [1.29, 1.82) is 0 Å². The molecule has 8 nitrogen and oxygen atoms in total. The minimum absolute atomic E-state index is 0.123. The van der Waals surface area contributed by atoms with Crippen LogP contribution in [0, 0.1) is 10.1 Å². The Balaban J connectivity index is 2.67. The molecule has 0 amide bonds. The molecule has 0 aromatic carbocycles. The van der Waals surface area contributed by atoms with Crippen LogP contribution in [0.15, 0.2) is 6.20 Å². The van der Waals surface area contributed by atoms with Gasteiger partial charge in [-0.2, -0.15) is 0 Å². The summed E-state index contributed by atoms with van der Waals surface area (Å²) in [7, 11) is 0. The van der Waals surface area contributed by atoms with Gasteiger partial charge in [0.25, 0.3) is 0 Å². The Bertz CT molecular complexity index is 375. The average molecular weight is 214 g/mol. The van der Waals surface area contributed by atoms with Gasteiger partial charge in [-0.3, -0.25) is 4.79 Å². The molecule has 0 fully saturated rings. The second-order valence-corrected chi connectivity index (χ2v) is 3.03. The molecule has 0 bridgehead atoms. The number of nitro groups is 1. The summed E-state index contributed by atoms with van der Waals surface area (Å²) in [5.74, 6) is -1.24. The van der Waals surface area contributed by atoms with Gasteiger partial charge in [-0.1, -0.05) is 5.10 Å². The fourth-order valence-corrected chi connectivity index (χ4v) is 1.10. The Labute approximate surface area is 84.4 Å². The van der Waals surface area contributed by atoms with E-state index in [1.54, 1.807) is 6.92 Å². The molecule has 0 radical (unpaired) electrons. The first kappa shape index (κ1) is 11.0. The van der Waals surface area contributed by atoms with E-state index in [0.717, 1.165) is 0 Å². The zero-order chi connectivity index (χ0) is 11.4. The van der Waals surface area contributed by atoms with E-state index in [0.29, 0.717) is 0 Å². The lowest BCUT2D eigenvalue weighted by atomic mass is 10.2. The van der Waals surface area contributed by atoms with E-state index in [9.17, 15) is 14.9 Å². The summed E-state index contributed by atoms with van der Waals surface area (Å²) in [6, 6.07) is -0.404. The number of H-pyrrole nitrogens is 1. The third-order valence-corrected chi connectivity index (χ3v) is 1.68. The molecule has 0 saturated heterocycles. The molecule has 1 heterocycles. The maximum Gasteiger partial charge on any atom is 0.366 e. The van der Waals surface area contributed by atoms with Crippen LogP contribution in [-0.2, 0) is 4.79 Å². The number of carboxylic acid groups (broad SMARTS) is 1. The summed E-state index contributed by atoms with van der Waals surface area (Å²) >= 11 is 0. The van der Waals surface area contributed by atoms with Crippen molar-refractivity contribution in [2.24, 2.45) is 0 Å². The number of hydrogen-bond donors (Lipinski definition) is 3. The van der Waals surface area contributed by atoms with Crippen LogP contribution in [0.2, 0.25) is 0 Å². The highest BCUT2D eigenvalue weighted by Crippen LogP contribution is 2.20. The van der Waals surface area contributed by atoms with Gasteiger partial charge in [0, 0.05) is 6.04 Å². The van der Waals surface area contributed by atoms with Crippen molar-refractivity contribution in [2.45, 2.75) is 19.4 Å². The van der Waals surface area contributed by atoms with Crippen LogP contribution in [0.25, 0.3) is 0 Å². The normalized spacial score (nSPS) is 12.1. The Kier molecular flexibility index (Phi) is 3.21. The zero-order valence-corrected chi connectivity index (χ0v) is 7.93. The predicted molar refractivity (Wildman–Crippen MR) is 50.6 cm³/mol. The highest BCUT2D eigenvalue weighted by atomic mass is 16.6. The van der Waals surface area contributed by atoms with Crippen LogP contribution >= 0.6 is 0 Å². The molecule has 1 aromatic heterocycles. The fourth-order valence-electron chi connectivity index (χ4n) is 1.10. The minimum Gasteiger partial charge on any atom is -0.481 e. The van der Waals surface area contributed by atoms with E-state index in [1.165, 1.54) is 6.20 Å². The summed E-state index contributed by atoms with van der Waals surface area (Å²) in [6.45, 7) is 1.62. The van der Waals surface area contributed by atoms with Gasteiger partial charge in [0.1, 0.15) is 6.20 Å². The van der Waals surface area contributed by atoms with E-state index in [1.807, 2.05) is 0 Å². The fraction of sp³-hybridized carbons (Fsp3) is 0.429. The Morgan fingerprint density at radius 1 is 1.87 bits per heavy atom. The van der Waals surface area contributed by atoms with Crippen molar-refractivity contribution < 1.29 is 14.8 Å². The molecule has 0 saturated carbocycles. The van der Waals surface area contributed by atoms with E-state index in [4.69, 9.17) is 5.11 Å². The molecule has 3 N–H and O–H groups in total. The maximum atomic E-state index is 10.5. The summed E-state index contributed by atoms with van der Waals surface area (Å²) in [5, 5.41) is 27.3. The van der Waals surface area contributed by atoms with Gasteiger partial charge in [-0.15, -0.1) is 5.10 Å². The largest absolute Gasteiger partial charge is 0.481 e. The van der Waals surface area contributed by atoms with Gasteiger partial charge in [-0.05, 0) is 11.8 Å². The third kappa shape index (κ3) is 2.93. The molecule has 15 heavy (non-hydrogen) atoms. The molecule has 0 aliphatic heterocycles. The van der Waals surface area contributed by atoms with Gasteiger partial charge in [0.2, 0.25) is 0 Å². The Morgan fingerprint density at radius 2 is 2.53 bits per heavy atom. The summed E-state index contributed by atoms with van der Waals surface area (Å²) < 4.78 is 0. The number of aromatic amines is 1. The highest BCUT2D eigenvalue weighted by Gasteiger charge is 2.17. The lowest BCUT2D eigenvalue weighted by molar-refractivity contribution is -0.388. The number of hydrogen-bond acceptors (Lipinski definition) is 5. The number of aliphatic carboxylic acids is 1. The molecular formula is C7H10N4O4. The summed E-state index contributed by atoms with van der Waals surface area (Å²) in [5.41, 5.74) is 0.189. The number of carbonyl (C=O) groups is 1. The molecular weight excluding hydrogens is 204 g/mol. The molecule has 1 rings (SSSR count). The van der Waals surface area contributed by atoms with Gasteiger partial charge >= 0.3 is 11.8 Å². The van der Waals surface area contributed by atoms with Crippen molar-refractivity contribution in [2.75, 3.05) is 5.32 Å². The number of carboxylic acids is 1. The summed E-state index contributed by atoms with van der Waals surface area (Å²) in [4.78, 5) is 20.2. The van der Waals surface area contributed by atoms with Crippen LogP contribution < -0.4 is 5.32 Å². The van der Waals surface area contributed by atoms with Crippen molar-refractivity contribution in [3.63, 3.8) is 0 Å². The SMILES string of the molecule is CC(CC(=O)O)Nc1cn[nH]c1[N+](=O)[O-]. The van der Waals surface area contributed by atoms with Crippen LogP contribution in [0.4, 0.5) is 11.5 Å². The van der Waals surface area contributed by atoms with Crippen LogP contribution in [0.3, 0.4) is 0 Å². The first-order valence-corrected chi connectivity index (χ1v) is 4.16. The molecule has 1 aromatic rings. The molecule has 82 valence electrons. The van der Waals surface area contributed by atoms with Crippen molar-refractivity contribution >= 4 is 17.5 Å². The second kappa shape index (κ2) is 4.40. The average Bonchev–Trinajstić information content (AvgIpc) is 2.50. The molecule has 1 atom stereocenters. The van der Waals surface area contributed by atoms with Gasteiger partial charge in [0.15, 0.2) is 5.69 Å². The van der Waals surface area contributed by atoms with Gasteiger partial charge in [-0.25, -0.2) is 0 Å². The Morgan fingerprint density at radius 3 is 3.07 bits per heavy atom. The highest BCUT2D eigenvalue weighted by molar-refractivity contribution is 5.68. The van der Waals surface area contributed by atoms with E-state index < -0.39 is 16.9 Å². The van der Waals surface area contributed by atoms with Crippen molar-refractivity contribution in [3.8, 4) is 0 Å². The standard InChI is InChI=1S/C7H10N4O4/c1-4(2-6(12)13)9-5-3-8-10-7(5)11(14)15/h3-4,9H,2H2,1H3,(H,8,10)(H,12,13). The van der Waals surface area contributed by atoms with Gasteiger partial charge < -0.3 is 20.5 Å². The smallest absolute Gasteiger partial charge is 0.366 e. The Hall–Kier alpha value is -2.12.